The van der Waals surface area contributed by atoms with Crippen molar-refractivity contribution in [2.24, 2.45) is 0 Å². The van der Waals surface area contributed by atoms with Gasteiger partial charge in [-0.3, -0.25) is 10.1 Å². The number of ether oxygens (including phenoxy) is 1. The average molecular weight is 401 g/mol. The molecule has 2 saturated heterocycles. The van der Waals surface area contributed by atoms with Crippen LogP contribution in [0.2, 0.25) is 0 Å². The molecule has 2 aliphatic heterocycles. The van der Waals surface area contributed by atoms with Crippen LogP contribution in [0.5, 0.6) is 5.75 Å². The lowest BCUT2D eigenvalue weighted by molar-refractivity contribution is -0.173. The zero-order valence-corrected chi connectivity index (χ0v) is 16.0. The number of imide groups is 1. The van der Waals surface area contributed by atoms with Gasteiger partial charge in [-0.25, -0.2) is 9.59 Å². The molecule has 0 aromatic heterocycles. The first-order chi connectivity index (χ1) is 13.7. The molecule has 0 unspecified atom stereocenters. The van der Waals surface area contributed by atoms with Crippen molar-refractivity contribution in [1.29, 1.82) is 0 Å². The van der Waals surface area contributed by atoms with E-state index in [9.17, 15) is 24.6 Å². The van der Waals surface area contributed by atoms with Crippen molar-refractivity contribution in [2.75, 3.05) is 13.7 Å². The van der Waals surface area contributed by atoms with Gasteiger partial charge in [-0.2, -0.15) is 0 Å². The maximum atomic E-state index is 12.7. The third-order valence-electron chi connectivity index (χ3n) is 7.58. The number of hydrogen-bond acceptors (Lipinski definition) is 5. The number of hydrogen-bond donors (Lipinski definition) is 4. The number of urea groups is 1. The Morgan fingerprint density at radius 3 is 2.72 bits per heavy atom. The molecule has 1 aromatic carbocycles. The highest BCUT2D eigenvalue weighted by atomic mass is 16.5. The van der Waals surface area contributed by atoms with E-state index in [0.717, 1.165) is 11.1 Å². The second kappa shape index (κ2) is 5.63. The predicted octanol–water partition coefficient (Wildman–Crippen LogP) is 0.735. The molecule has 1 aromatic rings. The molecule has 4 N–H and O–H groups in total. The number of carbonyl (C=O) groups excluding carboxylic acids is 2. The first-order valence-electron chi connectivity index (χ1n) is 9.78. The minimum Gasteiger partial charge on any atom is -0.497 e. The molecule has 154 valence electrons. The smallest absolute Gasteiger partial charge is 0.407 e. The predicted molar refractivity (Wildman–Crippen MR) is 99.7 cm³/mol. The molecule has 2 bridgehead atoms. The Kier molecular flexibility index (Phi) is 3.54. The number of piperidine rings is 1. The Morgan fingerprint density at radius 1 is 1.28 bits per heavy atom. The van der Waals surface area contributed by atoms with Crippen molar-refractivity contribution in [3.8, 4) is 5.75 Å². The first-order valence-corrected chi connectivity index (χ1v) is 9.78. The van der Waals surface area contributed by atoms with Gasteiger partial charge in [0.25, 0.3) is 5.91 Å². The Labute approximate surface area is 167 Å². The molecule has 2 heterocycles. The topological polar surface area (TPSA) is 128 Å². The third kappa shape index (κ3) is 2.16. The highest BCUT2D eigenvalue weighted by Gasteiger charge is 2.70. The van der Waals surface area contributed by atoms with Crippen LogP contribution in [-0.4, -0.2) is 64.0 Å². The van der Waals surface area contributed by atoms with Crippen molar-refractivity contribution in [2.45, 2.75) is 54.7 Å². The summed E-state index contributed by atoms with van der Waals surface area (Å²) in [4.78, 5) is 37.8. The Balaban J connectivity index is 1.71. The normalized spacial score (nSPS) is 37.4. The zero-order chi connectivity index (χ0) is 20.6. The van der Waals surface area contributed by atoms with Gasteiger partial charge in [-0.15, -0.1) is 0 Å². The molecular formula is C20H23N3O6. The molecule has 1 spiro atoms. The Bertz CT molecular complexity index is 950. The molecule has 4 amide bonds. The van der Waals surface area contributed by atoms with Gasteiger partial charge >= 0.3 is 12.1 Å². The summed E-state index contributed by atoms with van der Waals surface area (Å²) in [7, 11) is 1.57. The van der Waals surface area contributed by atoms with E-state index in [4.69, 9.17) is 4.74 Å². The summed E-state index contributed by atoms with van der Waals surface area (Å²) in [6.07, 6.45) is 0.393. The highest BCUT2D eigenvalue weighted by molar-refractivity contribution is 6.07. The monoisotopic (exact) mass is 401 g/mol. The van der Waals surface area contributed by atoms with E-state index >= 15 is 0 Å². The standard InChI is InChI=1S/C20H23N3O6/c1-29-12-3-2-11-8-14-20(28)5-4-19(15(24)21-16(25)22-19)10-18(20,13(11)9-12)6-7-23(14)17(26)27/h2-3,9,14,28H,4-8,10H2,1H3,(H,26,27)(H2,21,22,24,25)/t14-,18-,19+,20-/m1/s1. The average Bonchev–Trinajstić information content (AvgIpc) is 2.94. The second-order valence-corrected chi connectivity index (χ2v) is 8.64. The summed E-state index contributed by atoms with van der Waals surface area (Å²) < 4.78 is 5.41. The minimum atomic E-state index is -1.33. The van der Waals surface area contributed by atoms with Gasteiger partial charge in [-0.05, 0) is 55.4 Å². The van der Waals surface area contributed by atoms with E-state index in [-0.39, 0.29) is 31.7 Å². The van der Waals surface area contributed by atoms with Crippen LogP contribution in [0.25, 0.3) is 0 Å². The molecule has 5 rings (SSSR count). The number of fused-ring (bicyclic) bond motifs is 1. The number of amides is 4. The van der Waals surface area contributed by atoms with E-state index in [1.54, 1.807) is 7.11 Å². The number of carbonyl (C=O) groups is 3. The minimum absolute atomic E-state index is 0.214. The lowest BCUT2D eigenvalue weighted by atomic mass is 9.46. The first kappa shape index (κ1) is 18.2. The highest BCUT2D eigenvalue weighted by Crippen LogP contribution is 2.60. The van der Waals surface area contributed by atoms with Crippen LogP contribution in [0.1, 0.15) is 36.8 Å². The van der Waals surface area contributed by atoms with E-state index < -0.39 is 34.7 Å². The zero-order valence-electron chi connectivity index (χ0n) is 16.0. The molecular weight excluding hydrogens is 378 g/mol. The summed E-state index contributed by atoms with van der Waals surface area (Å²) in [5.74, 6) is 0.255. The van der Waals surface area contributed by atoms with Crippen molar-refractivity contribution in [1.82, 2.24) is 15.5 Å². The van der Waals surface area contributed by atoms with E-state index in [2.05, 4.69) is 10.6 Å². The number of aliphatic hydroxyl groups is 1. The van der Waals surface area contributed by atoms with Crippen LogP contribution in [0, 0.1) is 0 Å². The van der Waals surface area contributed by atoms with Crippen LogP contribution in [-0.2, 0) is 16.6 Å². The molecule has 2 aliphatic carbocycles. The summed E-state index contributed by atoms with van der Waals surface area (Å²) >= 11 is 0. The van der Waals surface area contributed by atoms with Crippen LogP contribution in [0.3, 0.4) is 0 Å². The quantitative estimate of drug-likeness (QED) is 0.514. The van der Waals surface area contributed by atoms with E-state index in [1.807, 2.05) is 18.2 Å². The fourth-order valence-corrected chi connectivity index (χ4v) is 6.23. The van der Waals surface area contributed by atoms with Gasteiger partial charge in [0.1, 0.15) is 11.3 Å². The van der Waals surface area contributed by atoms with Gasteiger partial charge in [0.2, 0.25) is 0 Å². The SMILES string of the molecule is COc1ccc2c(c1)[C@]13CCN(C(=O)O)[C@H](C2)[C@]1(O)CC[C@@]1(C3)NC(=O)NC1=O. The molecule has 1 saturated carbocycles. The molecule has 4 atom stereocenters. The van der Waals surface area contributed by atoms with Crippen LogP contribution in [0.4, 0.5) is 9.59 Å². The summed E-state index contributed by atoms with van der Waals surface area (Å²) in [5.41, 5.74) is -1.47. The van der Waals surface area contributed by atoms with Crippen molar-refractivity contribution < 1.29 is 29.3 Å². The molecule has 9 nitrogen and oxygen atoms in total. The maximum Gasteiger partial charge on any atom is 0.407 e. The van der Waals surface area contributed by atoms with Crippen molar-refractivity contribution in [3.05, 3.63) is 29.3 Å². The molecule has 3 fully saturated rings. The summed E-state index contributed by atoms with van der Waals surface area (Å²) in [6.45, 7) is 0.255. The largest absolute Gasteiger partial charge is 0.497 e. The van der Waals surface area contributed by atoms with E-state index in [1.165, 1.54) is 4.90 Å². The number of benzene rings is 1. The Hall–Kier alpha value is -2.81. The van der Waals surface area contributed by atoms with Crippen LogP contribution >= 0.6 is 0 Å². The fraction of sp³-hybridized carbons (Fsp3) is 0.550. The molecule has 29 heavy (non-hydrogen) atoms. The van der Waals surface area contributed by atoms with E-state index in [0.29, 0.717) is 18.6 Å². The molecule has 0 radical (unpaired) electrons. The summed E-state index contributed by atoms with van der Waals surface area (Å²) in [6, 6.07) is 4.48. The fourth-order valence-electron chi connectivity index (χ4n) is 6.23. The van der Waals surface area contributed by atoms with Gasteiger partial charge in [-0.1, -0.05) is 6.07 Å². The molecule has 9 heteroatoms. The number of carboxylic acid groups (broad SMARTS) is 1. The number of nitrogens with one attached hydrogen (secondary N) is 2. The number of nitrogens with zero attached hydrogens (tertiary/aromatic N) is 1. The number of methoxy groups -OCH3 is 1. The van der Waals surface area contributed by atoms with Gasteiger partial charge in [0, 0.05) is 12.0 Å². The lowest BCUT2D eigenvalue weighted by Gasteiger charge is -2.65. The molecule has 4 aliphatic rings. The van der Waals surface area contributed by atoms with Gasteiger partial charge < -0.3 is 25.2 Å². The summed E-state index contributed by atoms with van der Waals surface area (Å²) in [5, 5.41) is 26.9. The second-order valence-electron chi connectivity index (χ2n) is 8.64. The third-order valence-corrected chi connectivity index (χ3v) is 7.58. The van der Waals surface area contributed by atoms with Crippen LogP contribution in [0.15, 0.2) is 18.2 Å². The van der Waals surface area contributed by atoms with Crippen molar-refractivity contribution in [3.63, 3.8) is 0 Å². The number of rotatable bonds is 1. The van der Waals surface area contributed by atoms with Crippen LogP contribution < -0.4 is 15.4 Å². The van der Waals surface area contributed by atoms with Crippen molar-refractivity contribution >= 4 is 18.0 Å². The Morgan fingerprint density at radius 2 is 2.07 bits per heavy atom. The number of likely N-dealkylation sites (tertiary alicyclic amines) is 1. The van der Waals surface area contributed by atoms with Gasteiger partial charge in [0.05, 0.1) is 18.8 Å². The lowest BCUT2D eigenvalue weighted by Crippen LogP contribution is -2.76. The van der Waals surface area contributed by atoms with Gasteiger partial charge in [0.15, 0.2) is 0 Å². The maximum absolute atomic E-state index is 12.7.